The molecule has 0 aromatic heterocycles. The zero-order valence-corrected chi connectivity index (χ0v) is 14.2. The van der Waals surface area contributed by atoms with Crippen LogP contribution < -0.4 is 4.74 Å². The van der Waals surface area contributed by atoms with Gasteiger partial charge >= 0.3 is 12.1 Å². The first kappa shape index (κ1) is 18.5. The minimum absolute atomic E-state index is 0.0584. The standard InChI is InChI=1S/C16H20N2O7/c1-16(2,3)25-15(21)17-9-12(8-13(17)14(19)20)24-11-6-4-10(5-7-11)18(22)23/h4-7,12-13H,8-9H2,1-3H3,(H,19,20)/t12-,13-/m0/s1. The number of benzene rings is 1. The summed E-state index contributed by atoms with van der Waals surface area (Å²) in [5, 5.41) is 20.0. The van der Waals surface area contributed by atoms with E-state index in [2.05, 4.69) is 0 Å². The van der Waals surface area contributed by atoms with E-state index >= 15 is 0 Å². The van der Waals surface area contributed by atoms with Crippen molar-refractivity contribution in [3.05, 3.63) is 34.4 Å². The van der Waals surface area contributed by atoms with Gasteiger partial charge in [-0.25, -0.2) is 9.59 Å². The van der Waals surface area contributed by atoms with Crippen molar-refractivity contribution in [1.29, 1.82) is 0 Å². The molecule has 0 spiro atoms. The summed E-state index contributed by atoms with van der Waals surface area (Å²) in [5.74, 6) is -0.772. The second-order valence-electron chi connectivity index (χ2n) is 6.71. The van der Waals surface area contributed by atoms with Gasteiger partial charge in [0, 0.05) is 18.6 Å². The van der Waals surface area contributed by atoms with Crippen molar-refractivity contribution >= 4 is 17.7 Å². The number of aliphatic carboxylic acids is 1. The summed E-state index contributed by atoms with van der Waals surface area (Å²) in [5.41, 5.74) is -0.810. The maximum Gasteiger partial charge on any atom is 0.411 e. The number of likely N-dealkylation sites (tertiary alicyclic amines) is 1. The maximum atomic E-state index is 12.2. The Morgan fingerprint density at radius 2 is 1.88 bits per heavy atom. The van der Waals surface area contributed by atoms with Crippen molar-refractivity contribution in [3.63, 3.8) is 0 Å². The number of carbonyl (C=O) groups excluding carboxylic acids is 1. The van der Waals surface area contributed by atoms with Crippen LogP contribution in [0.15, 0.2) is 24.3 Å². The largest absolute Gasteiger partial charge is 0.488 e. The third-order valence-corrected chi connectivity index (χ3v) is 3.53. The SMILES string of the molecule is CC(C)(C)OC(=O)N1C[C@@H](Oc2ccc([N+](=O)[O-])cc2)C[C@H]1C(=O)O. The number of rotatable bonds is 4. The predicted octanol–water partition coefficient (Wildman–Crippen LogP) is 2.44. The molecule has 1 fully saturated rings. The van der Waals surface area contributed by atoms with Crippen LogP contribution in [-0.4, -0.2) is 51.3 Å². The third kappa shape index (κ3) is 4.82. The van der Waals surface area contributed by atoms with Crippen LogP contribution in [0.1, 0.15) is 27.2 Å². The molecule has 0 bridgehead atoms. The van der Waals surface area contributed by atoms with Crippen LogP contribution in [0.25, 0.3) is 0 Å². The number of nitro groups is 1. The first-order chi connectivity index (χ1) is 11.6. The van der Waals surface area contributed by atoms with Gasteiger partial charge in [0.15, 0.2) is 0 Å². The molecule has 9 nitrogen and oxygen atoms in total. The zero-order chi connectivity index (χ0) is 18.8. The summed E-state index contributed by atoms with van der Waals surface area (Å²) in [4.78, 5) is 34.9. The Balaban J connectivity index is 2.07. The number of carbonyl (C=O) groups is 2. The predicted molar refractivity (Wildman–Crippen MR) is 86.5 cm³/mol. The molecular formula is C16H20N2O7. The van der Waals surface area contributed by atoms with Gasteiger partial charge in [-0.15, -0.1) is 0 Å². The lowest BCUT2D eigenvalue weighted by molar-refractivity contribution is -0.384. The number of hydrogen-bond donors (Lipinski definition) is 1. The normalized spacial score (nSPS) is 20.2. The topological polar surface area (TPSA) is 119 Å². The van der Waals surface area contributed by atoms with E-state index in [-0.39, 0.29) is 18.7 Å². The fourth-order valence-corrected chi connectivity index (χ4v) is 2.48. The lowest BCUT2D eigenvalue weighted by atomic mass is 10.2. The Hall–Kier alpha value is -2.84. The molecule has 2 atom stereocenters. The molecule has 0 aliphatic carbocycles. The van der Waals surface area contributed by atoms with Gasteiger partial charge < -0.3 is 14.6 Å². The quantitative estimate of drug-likeness (QED) is 0.653. The average molecular weight is 352 g/mol. The van der Waals surface area contributed by atoms with E-state index in [0.717, 1.165) is 4.90 Å². The summed E-state index contributed by atoms with van der Waals surface area (Å²) in [6, 6.07) is 4.42. The summed E-state index contributed by atoms with van der Waals surface area (Å²) in [7, 11) is 0. The van der Waals surface area contributed by atoms with Crippen LogP contribution >= 0.6 is 0 Å². The van der Waals surface area contributed by atoms with Crippen LogP contribution in [0.5, 0.6) is 5.75 Å². The Bertz CT molecular complexity index is 666. The molecule has 1 heterocycles. The molecule has 0 radical (unpaired) electrons. The number of ether oxygens (including phenoxy) is 2. The molecular weight excluding hydrogens is 332 g/mol. The minimum atomic E-state index is -1.14. The maximum absolute atomic E-state index is 12.2. The third-order valence-electron chi connectivity index (χ3n) is 3.53. The number of amides is 1. The molecule has 1 aliphatic heterocycles. The van der Waals surface area contributed by atoms with Crippen LogP contribution in [0.3, 0.4) is 0 Å². The number of hydrogen-bond acceptors (Lipinski definition) is 6. The van der Waals surface area contributed by atoms with E-state index in [1.165, 1.54) is 24.3 Å². The van der Waals surface area contributed by atoms with Gasteiger partial charge in [0.1, 0.15) is 23.5 Å². The second kappa shape index (κ2) is 6.96. The van der Waals surface area contributed by atoms with Crippen molar-refractivity contribution in [2.45, 2.75) is 44.9 Å². The van der Waals surface area contributed by atoms with Crippen LogP contribution in [0.2, 0.25) is 0 Å². The van der Waals surface area contributed by atoms with E-state index in [1.807, 2.05) is 0 Å². The Morgan fingerprint density at radius 3 is 2.36 bits per heavy atom. The summed E-state index contributed by atoms with van der Waals surface area (Å²) in [6.07, 6.45) is -1.16. The highest BCUT2D eigenvalue weighted by atomic mass is 16.6. The molecule has 2 rings (SSSR count). The van der Waals surface area contributed by atoms with E-state index < -0.39 is 34.7 Å². The first-order valence-electron chi connectivity index (χ1n) is 7.70. The smallest absolute Gasteiger partial charge is 0.411 e. The fraction of sp³-hybridized carbons (Fsp3) is 0.500. The number of carboxylic acid groups (broad SMARTS) is 1. The highest BCUT2D eigenvalue weighted by molar-refractivity contribution is 5.81. The molecule has 0 saturated carbocycles. The molecule has 1 saturated heterocycles. The Kier molecular flexibility index (Phi) is 5.15. The summed E-state index contributed by atoms with van der Waals surface area (Å²) < 4.78 is 10.9. The van der Waals surface area contributed by atoms with Gasteiger partial charge in [-0.1, -0.05) is 0 Å². The molecule has 1 aliphatic rings. The van der Waals surface area contributed by atoms with Crippen LogP contribution in [0.4, 0.5) is 10.5 Å². The molecule has 1 amide bonds. The fourth-order valence-electron chi connectivity index (χ4n) is 2.48. The molecule has 9 heteroatoms. The van der Waals surface area contributed by atoms with Crippen molar-refractivity contribution < 1.29 is 29.1 Å². The molecule has 136 valence electrons. The van der Waals surface area contributed by atoms with Gasteiger partial charge in [0.25, 0.3) is 5.69 Å². The number of nitro benzene ring substituents is 1. The van der Waals surface area contributed by atoms with Crippen molar-refractivity contribution in [3.8, 4) is 5.75 Å². The van der Waals surface area contributed by atoms with Crippen LogP contribution in [-0.2, 0) is 9.53 Å². The second-order valence-corrected chi connectivity index (χ2v) is 6.71. The highest BCUT2D eigenvalue weighted by Gasteiger charge is 2.42. The minimum Gasteiger partial charge on any atom is -0.488 e. The average Bonchev–Trinajstić information content (AvgIpc) is 2.90. The van der Waals surface area contributed by atoms with E-state index in [4.69, 9.17) is 9.47 Å². The van der Waals surface area contributed by atoms with Crippen molar-refractivity contribution in [1.82, 2.24) is 4.90 Å². The van der Waals surface area contributed by atoms with Gasteiger partial charge in [0.05, 0.1) is 11.5 Å². The van der Waals surface area contributed by atoms with Gasteiger partial charge in [-0.3, -0.25) is 15.0 Å². The lowest BCUT2D eigenvalue weighted by Crippen LogP contribution is -2.43. The Labute approximate surface area is 144 Å². The van der Waals surface area contributed by atoms with Gasteiger partial charge in [-0.2, -0.15) is 0 Å². The lowest BCUT2D eigenvalue weighted by Gasteiger charge is -2.26. The summed E-state index contributed by atoms with van der Waals surface area (Å²) >= 11 is 0. The summed E-state index contributed by atoms with van der Waals surface area (Å²) in [6.45, 7) is 5.15. The molecule has 1 N–H and O–H groups in total. The highest BCUT2D eigenvalue weighted by Crippen LogP contribution is 2.26. The van der Waals surface area contributed by atoms with Crippen LogP contribution in [0, 0.1) is 10.1 Å². The number of nitrogens with zero attached hydrogens (tertiary/aromatic N) is 2. The molecule has 1 aromatic carbocycles. The zero-order valence-electron chi connectivity index (χ0n) is 14.2. The first-order valence-corrected chi connectivity index (χ1v) is 7.70. The molecule has 25 heavy (non-hydrogen) atoms. The van der Waals surface area contributed by atoms with Gasteiger partial charge in [-0.05, 0) is 32.9 Å². The van der Waals surface area contributed by atoms with Crippen molar-refractivity contribution in [2.24, 2.45) is 0 Å². The number of non-ortho nitro benzene ring substituents is 1. The Morgan fingerprint density at radius 1 is 1.28 bits per heavy atom. The molecule has 0 unspecified atom stereocenters. The van der Waals surface area contributed by atoms with E-state index in [9.17, 15) is 24.8 Å². The van der Waals surface area contributed by atoms with Crippen molar-refractivity contribution in [2.75, 3.05) is 6.54 Å². The number of carboxylic acids is 1. The van der Waals surface area contributed by atoms with Gasteiger partial charge in [0.2, 0.25) is 0 Å². The molecule has 1 aromatic rings. The van der Waals surface area contributed by atoms with E-state index in [0.29, 0.717) is 5.75 Å². The monoisotopic (exact) mass is 352 g/mol. The van der Waals surface area contributed by atoms with E-state index in [1.54, 1.807) is 20.8 Å².